The Labute approximate surface area is 343 Å². The highest BCUT2D eigenvalue weighted by Crippen LogP contribution is 2.43. The predicted molar refractivity (Wildman–Crippen MR) is 245 cm³/mol. The van der Waals surface area contributed by atoms with Crippen LogP contribution >= 0.6 is 0 Å². The van der Waals surface area contributed by atoms with Gasteiger partial charge in [-0.2, -0.15) is 0 Å². The number of fused-ring (bicyclic) bond motifs is 6. The molecule has 58 heavy (non-hydrogen) atoms. The standard InChI is InChI=1S/C56H37NO/c1-2-12-38(13-3-1)43-17-8-18-44(34-43)40-28-31-48(32-29-40)57(49-21-9-19-45(36-49)46-27-26-39-14-4-5-16-42(39)35-46)50-22-10-20-47(37-50)51-24-11-25-54-55(51)53-33-30-41-15-6-7-23-52(41)56(53)58-54/h1-37H/i28D,29D,31D,32D. The van der Waals surface area contributed by atoms with Gasteiger partial charge in [0.05, 0.1) is 5.48 Å². The Kier molecular flexibility index (Phi) is 7.20. The van der Waals surface area contributed by atoms with Gasteiger partial charge in [-0.3, -0.25) is 0 Å². The highest BCUT2D eigenvalue weighted by atomic mass is 16.3. The fourth-order valence-electron chi connectivity index (χ4n) is 8.25. The number of hydrogen-bond acceptors (Lipinski definition) is 2. The molecule has 0 saturated carbocycles. The van der Waals surface area contributed by atoms with Crippen LogP contribution in [0.5, 0.6) is 0 Å². The molecular formula is C56H37NO. The molecule has 0 aliphatic rings. The summed E-state index contributed by atoms with van der Waals surface area (Å²) in [6, 6.07) is 66.6. The van der Waals surface area contributed by atoms with Crippen molar-refractivity contribution in [3.8, 4) is 44.5 Å². The van der Waals surface area contributed by atoms with E-state index >= 15 is 0 Å². The Hall–Kier alpha value is -7.68. The maximum Gasteiger partial charge on any atom is 0.143 e. The normalized spacial score (nSPS) is 12.4. The summed E-state index contributed by atoms with van der Waals surface area (Å²) in [5.74, 6) is 0. The van der Waals surface area contributed by atoms with Crippen molar-refractivity contribution in [3.63, 3.8) is 0 Å². The summed E-state index contributed by atoms with van der Waals surface area (Å²) in [5.41, 5.74) is 9.87. The molecule has 0 radical (unpaired) electrons. The van der Waals surface area contributed by atoms with Crippen LogP contribution in [-0.2, 0) is 0 Å². The molecule has 0 saturated heterocycles. The molecule has 0 amide bonds. The van der Waals surface area contributed by atoms with Crippen molar-refractivity contribution in [1.29, 1.82) is 0 Å². The first-order valence-corrected chi connectivity index (χ1v) is 19.5. The topological polar surface area (TPSA) is 16.4 Å². The molecule has 0 fully saturated rings. The van der Waals surface area contributed by atoms with E-state index in [1.165, 1.54) is 0 Å². The predicted octanol–water partition coefficient (Wildman–Crippen LogP) is 16.0. The van der Waals surface area contributed by atoms with Crippen molar-refractivity contribution in [3.05, 3.63) is 224 Å². The summed E-state index contributed by atoms with van der Waals surface area (Å²) in [4.78, 5) is 1.88. The Morgan fingerprint density at radius 2 is 0.931 bits per heavy atom. The molecule has 1 heterocycles. The number of benzene rings is 10. The molecule has 2 heteroatoms. The average Bonchev–Trinajstić information content (AvgIpc) is 3.72. The minimum Gasteiger partial charge on any atom is -0.455 e. The van der Waals surface area contributed by atoms with E-state index in [0.29, 0.717) is 16.9 Å². The van der Waals surface area contributed by atoms with E-state index in [1.807, 2.05) is 120 Å². The van der Waals surface area contributed by atoms with Crippen molar-refractivity contribution >= 4 is 60.5 Å². The summed E-state index contributed by atoms with van der Waals surface area (Å²) < 4.78 is 45.0. The maximum atomic E-state index is 9.69. The fourth-order valence-corrected chi connectivity index (χ4v) is 8.25. The SMILES string of the molecule is [2H]c1c([2H])c(N(c2cccc(-c3ccc4ccccc4c3)c2)c2cccc(-c3cccc4oc5c6ccccc6ccc5c34)c2)c([2H])c([2H])c1-c1cccc(-c2ccccc2)c1. The van der Waals surface area contributed by atoms with Gasteiger partial charge in [-0.05, 0) is 121 Å². The summed E-state index contributed by atoms with van der Waals surface area (Å²) in [6.07, 6.45) is 0. The molecule has 0 aliphatic carbocycles. The van der Waals surface area contributed by atoms with E-state index in [-0.39, 0.29) is 35.4 Å². The van der Waals surface area contributed by atoms with Crippen LogP contribution in [0.1, 0.15) is 5.48 Å². The molecule has 2 nitrogen and oxygen atoms in total. The zero-order valence-electron chi connectivity index (χ0n) is 35.4. The smallest absolute Gasteiger partial charge is 0.143 e. The molecule has 0 unspecified atom stereocenters. The van der Waals surface area contributed by atoms with Gasteiger partial charge < -0.3 is 9.32 Å². The Morgan fingerprint density at radius 1 is 0.345 bits per heavy atom. The van der Waals surface area contributed by atoms with Crippen LogP contribution in [0.3, 0.4) is 0 Å². The van der Waals surface area contributed by atoms with Crippen molar-refractivity contribution in [2.24, 2.45) is 0 Å². The molecule has 11 rings (SSSR count). The van der Waals surface area contributed by atoms with Crippen LogP contribution < -0.4 is 4.90 Å². The van der Waals surface area contributed by atoms with E-state index in [9.17, 15) is 5.48 Å². The second-order valence-corrected chi connectivity index (χ2v) is 14.6. The first kappa shape index (κ1) is 29.6. The lowest BCUT2D eigenvalue weighted by Crippen LogP contribution is -2.10. The van der Waals surface area contributed by atoms with Gasteiger partial charge in [0, 0.05) is 33.2 Å². The summed E-state index contributed by atoms with van der Waals surface area (Å²) >= 11 is 0. The van der Waals surface area contributed by atoms with E-state index in [1.54, 1.807) is 0 Å². The van der Waals surface area contributed by atoms with Crippen molar-refractivity contribution < 1.29 is 9.90 Å². The number of rotatable bonds is 7. The highest BCUT2D eigenvalue weighted by molar-refractivity contribution is 6.19. The quantitative estimate of drug-likeness (QED) is 0.162. The lowest BCUT2D eigenvalue weighted by molar-refractivity contribution is 0.673. The number of anilines is 3. The molecule has 0 aliphatic heterocycles. The fraction of sp³-hybridized carbons (Fsp3) is 0. The molecule has 1 aromatic heterocycles. The Balaban J connectivity index is 1.11. The van der Waals surface area contributed by atoms with E-state index < -0.39 is 0 Å². The highest BCUT2D eigenvalue weighted by Gasteiger charge is 2.18. The Bertz CT molecular complexity index is 3510. The molecule has 0 atom stereocenters. The average molecular weight is 744 g/mol. The molecule has 11 aromatic rings. The van der Waals surface area contributed by atoms with E-state index in [4.69, 9.17) is 4.42 Å². The zero-order chi connectivity index (χ0) is 41.9. The number of nitrogens with zero attached hydrogens (tertiary/aromatic N) is 1. The molecular weight excluding hydrogens is 703 g/mol. The summed E-state index contributed by atoms with van der Waals surface area (Å²) in [6.45, 7) is 0. The third-order valence-electron chi connectivity index (χ3n) is 11.1. The molecule has 0 spiro atoms. The second-order valence-electron chi connectivity index (χ2n) is 14.6. The van der Waals surface area contributed by atoms with Crippen LogP contribution in [0.4, 0.5) is 17.1 Å². The van der Waals surface area contributed by atoms with Crippen LogP contribution in [0.25, 0.3) is 88.0 Å². The monoisotopic (exact) mass is 743 g/mol. The van der Waals surface area contributed by atoms with Crippen LogP contribution in [0.15, 0.2) is 229 Å². The molecule has 272 valence electrons. The van der Waals surface area contributed by atoms with Crippen molar-refractivity contribution in [1.82, 2.24) is 0 Å². The van der Waals surface area contributed by atoms with Gasteiger partial charge in [-0.25, -0.2) is 0 Å². The van der Waals surface area contributed by atoms with Gasteiger partial charge >= 0.3 is 0 Å². The van der Waals surface area contributed by atoms with Gasteiger partial charge in [0.25, 0.3) is 0 Å². The lowest BCUT2D eigenvalue weighted by atomic mass is 9.97. The maximum absolute atomic E-state index is 9.69. The van der Waals surface area contributed by atoms with E-state index in [0.717, 1.165) is 76.9 Å². The molecule has 10 aromatic carbocycles. The van der Waals surface area contributed by atoms with Crippen LogP contribution in [0.2, 0.25) is 0 Å². The third kappa shape index (κ3) is 6.00. The Morgan fingerprint density at radius 3 is 1.74 bits per heavy atom. The number of furan rings is 1. The van der Waals surface area contributed by atoms with Crippen LogP contribution in [0, 0.1) is 0 Å². The second kappa shape index (κ2) is 14.1. The minimum atomic E-state index is -0.137. The first-order chi connectivity index (χ1) is 30.4. The van der Waals surface area contributed by atoms with Gasteiger partial charge in [-0.1, -0.05) is 164 Å². The van der Waals surface area contributed by atoms with Gasteiger partial charge in [0.1, 0.15) is 11.2 Å². The summed E-state index contributed by atoms with van der Waals surface area (Å²) in [5, 5.41) is 6.46. The van der Waals surface area contributed by atoms with Crippen LogP contribution in [-0.4, -0.2) is 0 Å². The first-order valence-electron chi connectivity index (χ1n) is 21.5. The lowest BCUT2D eigenvalue weighted by Gasteiger charge is -2.27. The van der Waals surface area contributed by atoms with Crippen molar-refractivity contribution in [2.75, 3.05) is 4.90 Å². The van der Waals surface area contributed by atoms with Gasteiger partial charge in [0.2, 0.25) is 0 Å². The van der Waals surface area contributed by atoms with Gasteiger partial charge in [0.15, 0.2) is 0 Å². The van der Waals surface area contributed by atoms with E-state index in [2.05, 4.69) is 84.9 Å². The third-order valence-corrected chi connectivity index (χ3v) is 11.1. The minimum absolute atomic E-state index is 0.111. The summed E-state index contributed by atoms with van der Waals surface area (Å²) in [7, 11) is 0. The number of hydrogen-bond donors (Lipinski definition) is 0. The van der Waals surface area contributed by atoms with Gasteiger partial charge in [-0.15, -0.1) is 0 Å². The largest absolute Gasteiger partial charge is 0.455 e. The molecule has 0 bridgehead atoms. The zero-order valence-corrected chi connectivity index (χ0v) is 31.4. The molecule has 0 N–H and O–H groups in total. The van der Waals surface area contributed by atoms with Crippen molar-refractivity contribution in [2.45, 2.75) is 0 Å².